The fourth-order valence-electron chi connectivity index (χ4n) is 3.35. The lowest BCUT2D eigenvalue weighted by Gasteiger charge is -2.23. The van der Waals surface area contributed by atoms with E-state index < -0.39 is 11.9 Å². The Morgan fingerprint density at radius 3 is 2.37 bits per heavy atom. The molecule has 2 amide bonds. The van der Waals surface area contributed by atoms with Crippen molar-refractivity contribution in [1.82, 2.24) is 5.43 Å². The SMILES string of the molecule is Cc1cc(C)c([C@@H](CC(=NNC(N)=O)c2cccs2)C(C#N)C#N)c(C)c1. The van der Waals surface area contributed by atoms with Crippen molar-refractivity contribution in [2.45, 2.75) is 33.1 Å². The van der Waals surface area contributed by atoms with E-state index in [1.54, 1.807) is 0 Å². The summed E-state index contributed by atoms with van der Waals surface area (Å²) in [4.78, 5) is 12.0. The molecule has 0 unspecified atom stereocenters. The number of primary amides is 1. The number of nitriles is 2. The fourth-order valence-corrected chi connectivity index (χ4v) is 4.07. The van der Waals surface area contributed by atoms with Crippen LogP contribution in [-0.2, 0) is 0 Å². The van der Waals surface area contributed by atoms with Crippen LogP contribution in [0.15, 0.2) is 34.7 Å². The molecule has 1 atom stereocenters. The Hall–Kier alpha value is -3.16. The van der Waals surface area contributed by atoms with Gasteiger partial charge in [0.05, 0.1) is 22.7 Å². The minimum absolute atomic E-state index is 0.331. The molecule has 0 aliphatic heterocycles. The second kappa shape index (κ2) is 8.98. The molecule has 6 nitrogen and oxygen atoms in total. The average molecular weight is 379 g/mol. The van der Waals surface area contributed by atoms with Gasteiger partial charge in [-0.3, -0.25) is 0 Å². The molecule has 0 fully saturated rings. The third kappa shape index (κ3) is 4.93. The molecule has 1 aromatic heterocycles. The lowest BCUT2D eigenvalue weighted by molar-refractivity contribution is 0.249. The van der Waals surface area contributed by atoms with Crippen LogP contribution in [0.3, 0.4) is 0 Å². The maximum absolute atomic E-state index is 11.1. The monoisotopic (exact) mass is 379 g/mol. The van der Waals surface area contributed by atoms with Crippen molar-refractivity contribution in [1.29, 1.82) is 10.5 Å². The minimum Gasteiger partial charge on any atom is -0.350 e. The Morgan fingerprint density at radius 2 is 1.89 bits per heavy atom. The lowest BCUT2D eigenvalue weighted by atomic mass is 9.79. The van der Waals surface area contributed by atoms with Gasteiger partial charge in [-0.05, 0) is 48.9 Å². The zero-order valence-corrected chi connectivity index (χ0v) is 16.3. The van der Waals surface area contributed by atoms with Crippen LogP contribution in [0.2, 0.25) is 0 Å². The van der Waals surface area contributed by atoms with Crippen LogP contribution in [0.25, 0.3) is 0 Å². The number of nitrogens with two attached hydrogens (primary N) is 1. The summed E-state index contributed by atoms with van der Waals surface area (Å²) in [6.45, 7) is 5.98. The van der Waals surface area contributed by atoms with Crippen LogP contribution in [0.1, 0.15) is 39.5 Å². The van der Waals surface area contributed by atoms with Crippen molar-refractivity contribution >= 4 is 23.1 Å². The molecule has 7 heteroatoms. The number of carbonyl (C=O) groups excluding carboxylic acids is 1. The summed E-state index contributed by atoms with van der Waals surface area (Å²) < 4.78 is 0. The summed E-state index contributed by atoms with van der Waals surface area (Å²) in [5.74, 6) is -1.22. The topological polar surface area (TPSA) is 115 Å². The highest BCUT2D eigenvalue weighted by Gasteiger charge is 2.28. The van der Waals surface area contributed by atoms with Crippen LogP contribution in [0, 0.1) is 49.4 Å². The molecule has 0 aliphatic rings. The largest absolute Gasteiger partial charge is 0.350 e. The highest BCUT2D eigenvalue weighted by Crippen LogP contribution is 2.35. The van der Waals surface area contributed by atoms with Gasteiger partial charge in [-0.15, -0.1) is 11.3 Å². The zero-order valence-electron chi connectivity index (χ0n) is 15.5. The third-order valence-corrected chi connectivity index (χ3v) is 5.23. The number of urea groups is 1. The number of aryl methyl sites for hydroxylation is 3. The number of rotatable bonds is 6. The van der Waals surface area contributed by atoms with Gasteiger partial charge in [0.15, 0.2) is 0 Å². The summed E-state index contributed by atoms with van der Waals surface area (Å²) in [6.07, 6.45) is 0.331. The molecule has 3 N–H and O–H groups in total. The number of nitrogens with one attached hydrogen (secondary N) is 1. The van der Waals surface area contributed by atoms with E-state index in [0.717, 1.165) is 27.1 Å². The van der Waals surface area contributed by atoms with E-state index in [1.807, 2.05) is 50.4 Å². The summed E-state index contributed by atoms with van der Waals surface area (Å²) in [6, 6.07) is 11.3. The molecule has 1 heterocycles. The maximum Gasteiger partial charge on any atom is 0.332 e. The predicted octanol–water partition coefficient (Wildman–Crippen LogP) is 3.88. The summed E-state index contributed by atoms with van der Waals surface area (Å²) in [5, 5.41) is 25.2. The van der Waals surface area contributed by atoms with Crippen molar-refractivity contribution in [2.75, 3.05) is 0 Å². The van der Waals surface area contributed by atoms with Crippen molar-refractivity contribution in [3.8, 4) is 12.1 Å². The summed E-state index contributed by atoms with van der Waals surface area (Å²) in [5.41, 5.74) is 12.2. The van der Waals surface area contributed by atoms with E-state index in [9.17, 15) is 15.3 Å². The molecule has 138 valence electrons. The predicted molar refractivity (Wildman–Crippen MR) is 106 cm³/mol. The molecular weight excluding hydrogens is 358 g/mol. The number of benzene rings is 1. The molecule has 0 spiro atoms. The Kier molecular flexibility index (Phi) is 6.70. The van der Waals surface area contributed by atoms with E-state index in [1.165, 1.54) is 11.3 Å². The highest BCUT2D eigenvalue weighted by molar-refractivity contribution is 7.12. The van der Waals surface area contributed by atoms with Crippen molar-refractivity contribution < 1.29 is 4.79 Å². The molecule has 2 rings (SSSR count). The second-order valence-corrected chi connectivity index (χ2v) is 7.32. The summed E-state index contributed by atoms with van der Waals surface area (Å²) >= 11 is 1.47. The van der Waals surface area contributed by atoms with E-state index in [0.29, 0.717) is 12.1 Å². The fraction of sp³-hybridized carbons (Fsp3) is 0.300. The minimum atomic E-state index is -0.844. The molecule has 1 aromatic carbocycles. The standard InChI is InChI=1S/C20H21N5OS/c1-12-7-13(2)19(14(3)8-12)16(15(10-21)11-22)9-17(24-25-20(23)26)18-5-4-6-27-18/h4-8,15-16H,9H2,1-3H3,(H3,23,25,26)/t16-/m0/s1. The van der Waals surface area contributed by atoms with Gasteiger partial charge in [0.2, 0.25) is 0 Å². The van der Waals surface area contributed by atoms with Gasteiger partial charge in [0.25, 0.3) is 0 Å². The normalized spacial score (nSPS) is 12.3. The molecule has 0 bridgehead atoms. The Morgan fingerprint density at radius 1 is 1.26 bits per heavy atom. The Balaban J connectivity index is 2.55. The van der Waals surface area contributed by atoms with Gasteiger partial charge in [-0.25, -0.2) is 10.2 Å². The summed E-state index contributed by atoms with van der Waals surface area (Å²) in [7, 11) is 0. The first-order valence-electron chi connectivity index (χ1n) is 8.40. The molecule has 0 aliphatic carbocycles. The molecule has 0 saturated carbocycles. The van der Waals surface area contributed by atoms with Crippen molar-refractivity contribution in [3.63, 3.8) is 0 Å². The average Bonchev–Trinajstić information content (AvgIpc) is 3.12. The van der Waals surface area contributed by atoms with Crippen molar-refractivity contribution in [3.05, 3.63) is 56.8 Å². The number of amides is 2. The van der Waals surface area contributed by atoms with E-state index in [-0.39, 0.29) is 5.92 Å². The lowest BCUT2D eigenvalue weighted by Crippen LogP contribution is -2.27. The first-order valence-corrected chi connectivity index (χ1v) is 9.28. The zero-order chi connectivity index (χ0) is 20.0. The van der Waals surface area contributed by atoms with E-state index in [4.69, 9.17) is 5.73 Å². The van der Waals surface area contributed by atoms with Crippen LogP contribution in [0.5, 0.6) is 0 Å². The molecule has 0 radical (unpaired) electrons. The Labute approximate surface area is 162 Å². The quantitative estimate of drug-likeness (QED) is 0.586. The highest BCUT2D eigenvalue weighted by atomic mass is 32.1. The van der Waals surface area contributed by atoms with Gasteiger partial charge in [-0.2, -0.15) is 15.6 Å². The van der Waals surface area contributed by atoms with Gasteiger partial charge in [-0.1, -0.05) is 23.8 Å². The Bertz CT molecular complexity index is 897. The number of hydrogen-bond donors (Lipinski definition) is 2. The van der Waals surface area contributed by atoms with E-state index >= 15 is 0 Å². The van der Waals surface area contributed by atoms with Crippen molar-refractivity contribution in [2.24, 2.45) is 16.8 Å². The number of hydrogen-bond acceptors (Lipinski definition) is 5. The first-order chi connectivity index (χ1) is 12.9. The van der Waals surface area contributed by atoms with Gasteiger partial charge in [0, 0.05) is 12.3 Å². The third-order valence-electron chi connectivity index (χ3n) is 4.31. The van der Waals surface area contributed by atoms with Crippen LogP contribution < -0.4 is 11.2 Å². The molecular formula is C20H21N5OS. The molecule has 2 aromatic rings. The van der Waals surface area contributed by atoms with Gasteiger partial charge in [0.1, 0.15) is 5.92 Å². The van der Waals surface area contributed by atoms with Gasteiger partial charge < -0.3 is 5.73 Å². The van der Waals surface area contributed by atoms with Crippen LogP contribution in [-0.4, -0.2) is 11.7 Å². The number of hydrazone groups is 1. The first kappa shape index (κ1) is 20.2. The number of nitrogens with zero attached hydrogens (tertiary/aromatic N) is 3. The number of carbonyl (C=O) groups is 1. The smallest absolute Gasteiger partial charge is 0.332 e. The van der Waals surface area contributed by atoms with Crippen LogP contribution in [0.4, 0.5) is 4.79 Å². The molecule has 0 saturated heterocycles. The molecule has 27 heavy (non-hydrogen) atoms. The van der Waals surface area contributed by atoms with Crippen LogP contribution >= 0.6 is 11.3 Å². The number of thiophene rings is 1. The second-order valence-electron chi connectivity index (χ2n) is 6.37. The van der Waals surface area contributed by atoms with E-state index in [2.05, 4.69) is 22.7 Å². The maximum atomic E-state index is 11.1. The van der Waals surface area contributed by atoms with Gasteiger partial charge >= 0.3 is 6.03 Å².